The van der Waals surface area contributed by atoms with E-state index in [1.807, 2.05) is 0 Å². The predicted molar refractivity (Wildman–Crippen MR) is 138 cm³/mol. The molecule has 0 aliphatic heterocycles. The van der Waals surface area contributed by atoms with Crippen molar-refractivity contribution >= 4 is 22.2 Å². The smallest absolute Gasteiger partial charge is 0.417 e. The van der Waals surface area contributed by atoms with Gasteiger partial charge in [-0.05, 0) is 58.7 Å². The third kappa shape index (κ3) is 5.30. The van der Waals surface area contributed by atoms with Crippen molar-refractivity contribution in [3.8, 4) is 33.4 Å². The van der Waals surface area contributed by atoms with Crippen LogP contribution in [0.15, 0.2) is 82.3 Å². The number of fused-ring (bicyclic) bond motifs is 2. The number of aromatic nitrogens is 2. The van der Waals surface area contributed by atoms with Gasteiger partial charge in [0.05, 0.1) is 33.4 Å². The van der Waals surface area contributed by atoms with Gasteiger partial charge in [-0.25, -0.2) is 9.97 Å². The quantitative estimate of drug-likeness (QED) is 0.177. The number of oxazole rings is 2. The number of nitrogens with zero attached hydrogens (tertiary/aromatic N) is 2. The predicted octanol–water partition coefficient (Wildman–Crippen LogP) is 11.0. The van der Waals surface area contributed by atoms with E-state index in [1.165, 1.54) is 6.07 Å². The van der Waals surface area contributed by atoms with Crippen LogP contribution in [0.1, 0.15) is 22.3 Å². The summed E-state index contributed by atoms with van der Waals surface area (Å²) in [6.45, 7) is 0. The maximum atomic E-state index is 14.0. The summed E-state index contributed by atoms with van der Waals surface area (Å²) in [7, 11) is 0. The van der Waals surface area contributed by atoms with Gasteiger partial charge in [-0.15, -0.1) is 0 Å². The van der Waals surface area contributed by atoms with E-state index in [1.54, 1.807) is 0 Å². The number of alkyl halides is 12. The first-order valence-corrected chi connectivity index (χ1v) is 12.7. The van der Waals surface area contributed by atoms with Gasteiger partial charge in [0.15, 0.2) is 24.0 Å². The first-order valence-electron chi connectivity index (χ1n) is 12.7. The Morgan fingerprint density at radius 2 is 0.957 bits per heavy atom. The van der Waals surface area contributed by atoms with E-state index in [9.17, 15) is 52.7 Å². The van der Waals surface area contributed by atoms with Gasteiger partial charge in [0.2, 0.25) is 0 Å². The van der Waals surface area contributed by atoms with Crippen molar-refractivity contribution in [3.05, 3.63) is 95.7 Å². The molecule has 0 amide bonds. The van der Waals surface area contributed by atoms with Gasteiger partial charge in [0.1, 0.15) is 11.0 Å². The Morgan fingerprint density at radius 3 is 1.46 bits per heavy atom. The molecular formula is C30H12F12N2O2. The molecule has 0 aliphatic carbocycles. The Kier molecular flexibility index (Phi) is 6.90. The third-order valence-electron chi connectivity index (χ3n) is 7.08. The maximum Gasteiger partial charge on any atom is 0.417 e. The molecule has 6 rings (SSSR count). The second kappa shape index (κ2) is 10.3. The normalized spacial score (nSPS) is 13.2. The summed E-state index contributed by atoms with van der Waals surface area (Å²) in [6, 6.07) is 6.30. The number of rotatable bonds is 3. The minimum atomic E-state index is -5.28. The van der Waals surface area contributed by atoms with Crippen molar-refractivity contribution in [1.82, 2.24) is 9.97 Å². The second-order valence-electron chi connectivity index (χ2n) is 9.91. The van der Waals surface area contributed by atoms with E-state index in [0.29, 0.717) is 30.3 Å². The molecule has 0 radical (unpaired) electrons. The summed E-state index contributed by atoms with van der Waals surface area (Å²) in [5.41, 5.74) is -10.8. The van der Waals surface area contributed by atoms with E-state index in [-0.39, 0.29) is 17.1 Å². The Labute approximate surface area is 247 Å². The molecule has 4 aromatic carbocycles. The number of hydrogen-bond acceptors (Lipinski definition) is 4. The number of halogens is 12. The topological polar surface area (TPSA) is 52.1 Å². The Hall–Kier alpha value is -5.02. The number of hydrogen-bond donors (Lipinski definition) is 0. The third-order valence-corrected chi connectivity index (χ3v) is 7.08. The highest BCUT2D eigenvalue weighted by atomic mass is 19.4. The zero-order valence-corrected chi connectivity index (χ0v) is 22.2. The summed E-state index contributed by atoms with van der Waals surface area (Å²) in [5.74, 6) is 0. The van der Waals surface area contributed by atoms with Gasteiger partial charge in [0.25, 0.3) is 0 Å². The summed E-state index contributed by atoms with van der Waals surface area (Å²) >= 11 is 0. The number of benzene rings is 4. The molecule has 0 bridgehead atoms. The zero-order chi connectivity index (χ0) is 33.4. The molecule has 0 fully saturated rings. The van der Waals surface area contributed by atoms with Crippen molar-refractivity contribution in [2.75, 3.05) is 0 Å². The van der Waals surface area contributed by atoms with Crippen LogP contribution in [0.4, 0.5) is 52.7 Å². The molecule has 0 atom stereocenters. The molecule has 46 heavy (non-hydrogen) atoms. The van der Waals surface area contributed by atoms with Crippen LogP contribution in [-0.4, -0.2) is 9.97 Å². The Balaban J connectivity index is 1.74. The average Bonchev–Trinajstić information content (AvgIpc) is 3.64. The molecular weight excluding hydrogens is 648 g/mol. The minimum absolute atomic E-state index is 0.148. The van der Waals surface area contributed by atoms with Crippen LogP contribution in [0.2, 0.25) is 0 Å². The van der Waals surface area contributed by atoms with Crippen LogP contribution in [0.3, 0.4) is 0 Å². The molecule has 4 nitrogen and oxygen atoms in total. The highest BCUT2D eigenvalue weighted by Gasteiger charge is 2.39. The highest BCUT2D eigenvalue weighted by Crippen LogP contribution is 2.49. The average molecular weight is 660 g/mol. The lowest BCUT2D eigenvalue weighted by Crippen LogP contribution is -2.11. The van der Waals surface area contributed by atoms with Crippen LogP contribution in [-0.2, 0) is 24.7 Å². The first-order chi connectivity index (χ1) is 21.4. The lowest BCUT2D eigenvalue weighted by Gasteiger charge is -2.19. The van der Waals surface area contributed by atoms with Gasteiger partial charge in [0, 0.05) is 0 Å². The molecule has 6 aromatic rings. The van der Waals surface area contributed by atoms with Crippen LogP contribution in [0.5, 0.6) is 0 Å². The summed E-state index contributed by atoms with van der Waals surface area (Å²) < 4.78 is 177. The summed E-state index contributed by atoms with van der Waals surface area (Å²) in [4.78, 5) is 7.93. The van der Waals surface area contributed by atoms with E-state index in [2.05, 4.69) is 9.97 Å². The van der Waals surface area contributed by atoms with E-state index >= 15 is 0 Å². The minimum Gasteiger partial charge on any atom is -0.443 e. The lowest BCUT2D eigenvalue weighted by atomic mass is 9.88. The van der Waals surface area contributed by atoms with E-state index in [0.717, 1.165) is 31.0 Å². The Bertz CT molecular complexity index is 2030. The fourth-order valence-electron chi connectivity index (χ4n) is 5.16. The molecule has 2 heterocycles. The molecule has 16 heteroatoms. The highest BCUT2D eigenvalue weighted by molar-refractivity contribution is 6.17. The monoisotopic (exact) mass is 660 g/mol. The summed E-state index contributed by atoms with van der Waals surface area (Å²) in [5, 5.41) is 0. The molecule has 0 saturated carbocycles. The van der Waals surface area contributed by atoms with Crippen LogP contribution < -0.4 is 0 Å². The fourth-order valence-corrected chi connectivity index (χ4v) is 5.16. The fraction of sp³-hybridized carbons (Fsp3) is 0.133. The van der Waals surface area contributed by atoms with E-state index in [4.69, 9.17) is 8.83 Å². The van der Waals surface area contributed by atoms with Crippen LogP contribution in [0, 0.1) is 0 Å². The molecule has 2 aromatic heterocycles. The molecule has 238 valence electrons. The van der Waals surface area contributed by atoms with Crippen molar-refractivity contribution in [3.63, 3.8) is 0 Å². The van der Waals surface area contributed by atoms with Crippen LogP contribution >= 0.6 is 0 Å². The van der Waals surface area contributed by atoms with Gasteiger partial charge < -0.3 is 8.83 Å². The standard InChI is InChI=1S/C30H12F12N2O2/c31-27(32,33)14-5-6-17(13-7-15(28(34,35)36)9-16(8-13)29(37,38)39)19(10-14)22-24-25(45-12-44-24)21(23-26(22)46-11-43-23)18-3-1-2-4-20(18)30(40,41)42/h1-12H. The van der Waals surface area contributed by atoms with Crippen LogP contribution in [0.25, 0.3) is 55.6 Å². The van der Waals surface area contributed by atoms with Crippen molar-refractivity contribution in [1.29, 1.82) is 0 Å². The molecule has 0 saturated heterocycles. The van der Waals surface area contributed by atoms with Gasteiger partial charge in [-0.3, -0.25) is 0 Å². The molecule has 0 spiro atoms. The molecule has 0 aliphatic rings. The first kappa shape index (κ1) is 31.0. The van der Waals surface area contributed by atoms with Gasteiger partial charge >= 0.3 is 24.7 Å². The molecule has 0 N–H and O–H groups in total. The van der Waals surface area contributed by atoms with Crippen molar-refractivity contribution in [2.45, 2.75) is 24.7 Å². The van der Waals surface area contributed by atoms with Crippen molar-refractivity contribution < 1.29 is 61.5 Å². The molecule has 0 unspecified atom stereocenters. The van der Waals surface area contributed by atoms with E-state index < -0.39 is 91.5 Å². The maximum absolute atomic E-state index is 14.0. The Morgan fingerprint density at radius 1 is 0.457 bits per heavy atom. The largest absolute Gasteiger partial charge is 0.443 e. The van der Waals surface area contributed by atoms with Gasteiger partial charge in [-0.2, -0.15) is 52.7 Å². The second-order valence-corrected chi connectivity index (χ2v) is 9.91. The van der Waals surface area contributed by atoms with Crippen molar-refractivity contribution in [2.24, 2.45) is 0 Å². The SMILES string of the molecule is FC(F)(F)c1cc(-c2ccc(C(F)(F)F)cc2-c2c3ncoc3c(-c3ccccc3C(F)(F)F)c3ncoc23)cc(C(F)(F)F)c1. The lowest BCUT2D eigenvalue weighted by molar-refractivity contribution is -0.143. The summed E-state index contributed by atoms with van der Waals surface area (Å²) in [6.07, 6.45) is -19.0. The zero-order valence-electron chi connectivity index (χ0n) is 22.2. The van der Waals surface area contributed by atoms with Gasteiger partial charge in [-0.1, -0.05) is 24.3 Å².